The largest absolute Gasteiger partial charge is 0.497 e. The predicted octanol–water partition coefficient (Wildman–Crippen LogP) is 3.22. The molecular weight excluding hydrogens is 366 g/mol. The summed E-state index contributed by atoms with van der Waals surface area (Å²) in [5.74, 6) is 3.43. The number of hydrogen-bond acceptors (Lipinski definition) is 4. The van der Waals surface area contributed by atoms with E-state index in [9.17, 15) is 0 Å². The topological polar surface area (TPSA) is 74.8 Å². The number of aromatic nitrogens is 2. The SMILES string of the molecule is CN=C(NCCCc1nc2ccccc2[nH]1)N(C)Cc1ccc(OC)cc1OC. The fourth-order valence-electron chi connectivity index (χ4n) is 3.28. The maximum absolute atomic E-state index is 5.50. The summed E-state index contributed by atoms with van der Waals surface area (Å²) < 4.78 is 10.8. The first-order valence-corrected chi connectivity index (χ1v) is 9.71. The summed E-state index contributed by atoms with van der Waals surface area (Å²) in [4.78, 5) is 14.5. The third-order valence-electron chi connectivity index (χ3n) is 4.79. The van der Waals surface area contributed by atoms with Gasteiger partial charge in [-0.05, 0) is 30.7 Å². The summed E-state index contributed by atoms with van der Waals surface area (Å²) in [6.45, 7) is 1.49. The Hall–Kier alpha value is -3.22. The van der Waals surface area contributed by atoms with Gasteiger partial charge in [0.2, 0.25) is 0 Å². The molecule has 7 heteroatoms. The van der Waals surface area contributed by atoms with Crippen molar-refractivity contribution in [2.45, 2.75) is 19.4 Å². The van der Waals surface area contributed by atoms with Gasteiger partial charge in [0, 0.05) is 45.2 Å². The zero-order valence-corrected chi connectivity index (χ0v) is 17.5. The highest BCUT2D eigenvalue weighted by Gasteiger charge is 2.11. The molecule has 3 aromatic rings. The zero-order chi connectivity index (χ0) is 20.6. The van der Waals surface area contributed by atoms with Gasteiger partial charge in [0.25, 0.3) is 0 Å². The molecule has 2 N–H and O–H groups in total. The Balaban J connectivity index is 1.51. The lowest BCUT2D eigenvalue weighted by atomic mass is 10.2. The number of nitrogens with zero attached hydrogens (tertiary/aromatic N) is 3. The molecule has 0 aliphatic rings. The number of benzene rings is 2. The molecule has 0 spiro atoms. The Morgan fingerprint density at radius 1 is 1.17 bits per heavy atom. The van der Waals surface area contributed by atoms with Gasteiger partial charge in [-0.1, -0.05) is 12.1 Å². The average molecular weight is 396 g/mol. The summed E-state index contributed by atoms with van der Waals surface area (Å²) in [5.41, 5.74) is 3.17. The number of ether oxygens (including phenoxy) is 2. The van der Waals surface area contributed by atoms with Gasteiger partial charge in [-0.3, -0.25) is 4.99 Å². The number of hydrogen-bond donors (Lipinski definition) is 2. The Morgan fingerprint density at radius 3 is 2.72 bits per heavy atom. The van der Waals surface area contributed by atoms with Crippen LogP contribution in [0.3, 0.4) is 0 Å². The van der Waals surface area contributed by atoms with Crippen molar-refractivity contribution in [2.24, 2.45) is 4.99 Å². The minimum atomic E-state index is 0.677. The van der Waals surface area contributed by atoms with Gasteiger partial charge in [0.15, 0.2) is 5.96 Å². The molecule has 1 aromatic heterocycles. The van der Waals surface area contributed by atoms with Crippen LogP contribution < -0.4 is 14.8 Å². The minimum Gasteiger partial charge on any atom is -0.497 e. The molecule has 0 saturated heterocycles. The smallest absolute Gasteiger partial charge is 0.193 e. The molecule has 0 radical (unpaired) electrons. The van der Waals surface area contributed by atoms with E-state index in [0.717, 1.165) is 59.3 Å². The number of nitrogens with one attached hydrogen (secondary N) is 2. The minimum absolute atomic E-state index is 0.677. The molecule has 29 heavy (non-hydrogen) atoms. The third-order valence-corrected chi connectivity index (χ3v) is 4.79. The molecule has 0 aliphatic carbocycles. The number of aromatic amines is 1. The maximum Gasteiger partial charge on any atom is 0.193 e. The Bertz CT molecular complexity index is 934. The number of rotatable bonds is 8. The van der Waals surface area contributed by atoms with Gasteiger partial charge in [-0.2, -0.15) is 0 Å². The van der Waals surface area contributed by atoms with E-state index in [-0.39, 0.29) is 0 Å². The molecule has 154 valence electrons. The summed E-state index contributed by atoms with van der Waals surface area (Å²) in [6.07, 6.45) is 1.84. The molecule has 0 amide bonds. The van der Waals surface area contributed by atoms with Crippen LogP contribution in [0, 0.1) is 0 Å². The van der Waals surface area contributed by atoms with Crippen molar-refractivity contribution in [1.29, 1.82) is 0 Å². The molecule has 0 bridgehead atoms. The Morgan fingerprint density at radius 2 is 2.00 bits per heavy atom. The van der Waals surface area contributed by atoms with Crippen LogP contribution >= 0.6 is 0 Å². The van der Waals surface area contributed by atoms with E-state index in [1.165, 1.54) is 0 Å². The molecule has 0 unspecified atom stereocenters. The number of para-hydroxylation sites is 2. The fourth-order valence-corrected chi connectivity index (χ4v) is 3.28. The van der Waals surface area contributed by atoms with Crippen molar-refractivity contribution >= 4 is 17.0 Å². The standard InChI is InChI=1S/C22H29N5O2/c1-23-22(27(2)15-16-11-12-17(28-3)14-20(16)29-4)24-13-7-10-21-25-18-8-5-6-9-19(18)26-21/h5-6,8-9,11-12,14H,7,10,13,15H2,1-4H3,(H,23,24)(H,25,26). The van der Waals surface area contributed by atoms with Gasteiger partial charge in [0.1, 0.15) is 17.3 Å². The second-order valence-electron chi connectivity index (χ2n) is 6.81. The number of imidazole rings is 1. The van der Waals surface area contributed by atoms with Gasteiger partial charge >= 0.3 is 0 Å². The highest BCUT2D eigenvalue weighted by atomic mass is 16.5. The van der Waals surface area contributed by atoms with Gasteiger partial charge in [-0.25, -0.2) is 4.98 Å². The highest BCUT2D eigenvalue weighted by molar-refractivity contribution is 5.79. The molecule has 1 heterocycles. The molecule has 3 rings (SSSR count). The van der Waals surface area contributed by atoms with Crippen molar-refractivity contribution in [2.75, 3.05) is 34.9 Å². The molecule has 0 atom stereocenters. The van der Waals surface area contributed by atoms with Gasteiger partial charge < -0.3 is 24.7 Å². The van der Waals surface area contributed by atoms with E-state index < -0.39 is 0 Å². The summed E-state index contributed by atoms with van der Waals surface area (Å²) >= 11 is 0. The van der Waals surface area contributed by atoms with Crippen LogP contribution in [0.15, 0.2) is 47.5 Å². The molecule has 7 nitrogen and oxygen atoms in total. The maximum atomic E-state index is 5.50. The number of guanidine groups is 1. The first kappa shape index (κ1) is 20.5. The second-order valence-corrected chi connectivity index (χ2v) is 6.81. The number of H-pyrrole nitrogens is 1. The van der Waals surface area contributed by atoms with E-state index >= 15 is 0 Å². The van der Waals surface area contributed by atoms with Crippen LogP contribution in [0.25, 0.3) is 11.0 Å². The van der Waals surface area contributed by atoms with E-state index in [1.807, 2.05) is 49.5 Å². The van der Waals surface area contributed by atoms with Crippen LogP contribution in [0.5, 0.6) is 11.5 Å². The lowest BCUT2D eigenvalue weighted by Crippen LogP contribution is -2.39. The number of methoxy groups -OCH3 is 2. The fraction of sp³-hybridized carbons (Fsp3) is 0.364. The lowest BCUT2D eigenvalue weighted by molar-refractivity contribution is 0.382. The lowest BCUT2D eigenvalue weighted by Gasteiger charge is -2.23. The van der Waals surface area contributed by atoms with Crippen LogP contribution in [-0.4, -0.2) is 55.7 Å². The quantitative estimate of drug-likeness (QED) is 0.348. The van der Waals surface area contributed by atoms with Crippen LogP contribution in [0.4, 0.5) is 0 Å². The van der Waals surface area contributed by atoms with Gasteiger partial charge in [-0.15, -0.1) is 0 Å². The normalized spacial score (nSPS) is 11.5. The Kier molecular flexibility index (Phi) is 6.94. The van der Waals surface area contributed by atoms with Crippen molar-refractivity contribution < 1.29 is 9.47 Å². The van der Waals surface area contributed by atoms with Crippen LogP contribution in [0.2, 0.25) is 0 Å². The third kappa shape index (κ3) is 5.19. The summed E-state index contributed by atoms with van der Waals surface area (Å²) in [6, 6.07) is 14.0. The highest BCUT2D eigenvalue weighted by Crippen LogP contribution is 2.25. The molecular formula is C22H29N5O2. The van der Waals surface area contributed by atoms with Crippen molar-refractivity contribution in [3.05, 3.63) is 53.9 Å². The zero-order valence-electron chi connectivity index (χ0n) is 17.5. The van der Waals surface area contributed by atoms with Crippen LogP contribution in [0.1, 0.15) is 17.8 Å². The van der Waals surface area contributed by atoms with Crippen LogP contribution in [-0.2, 0) is 13.0 Å². The van der Waals surface area contributed by atoms with Crippen molar-refractivity contribution in [1.82, 2.24) is 20.2 Å². The molecule has 2 aromatic carbocycles. The molecule has 0 saturated carbocycles. The van der Waals surface area contributed by atoms with E-state index in [2.05, 4.69) is 25.2 Å². The number of aliphatic imine (C=N–C) groups is 1. The first-order chi connectivity index (χ1) is 14.1. The number of aryl methyl sites for hydroxylation is 1. The van der Waals surface area contributed by atoms with E-state index in [0.29, 0.717) is 6.54 Å². The van der Waals surface area contributed by atoms with E-state index in [1.54, 1.807) is 21.3 Å². The molecule has 0 fully saturated rings. The second kappa shape index (κ2) is 9.82. The average Bonchev–Trinajstić information content (AvgIpc) is 3.16. The first-order valence-electron chi connectivity index (χ1n) is 9.71. The number of fused-ring (bicyclic) bond motifs is 1. The van der Waals surface area contributed by atoms with Crippen molar-refractivity contribution in [3.63, 3.8) is 0 Å². The monoisotopic (exact) mass is 395 g/mol. The van der Waals surface area contributed by atoms with Gasteiger partial charge in [0.05, 0.1) is 25.3 Å². The summed E-state index contributed by atoms with van der Waals surface area (Å²) in [7, 11) is 7.13. The van der Waals surface area contributed by atoms with E-state index in [4.69, 9.17) is 9.47 Å². The Labute approximate surface area is 171 Å². The predicted molar refractivity (Wildman–Crippen MR) is 117 cm³/mol. The van der Waals surface area contributed by atoms with Crippen molar-refractivity contribution in [3.8, 4) is 11.5 Å². The summed E-state index contributed by atoms with van der Waals surface area (Å²) in [5, 5.41) is 3.42. The molecule has 0 aliphatic heterocycles.